The summed E-state index contributed by atoms with van der Waals surface area (Å²) in [5.41, 5.74) is 0. The summed E-state index contributed by atoms with van der Waals surface area (Å²) in [5.74, 6) is 1.39. The molecule has 5 nitrogen and oxygen atoms in total. The van der Waals surface area contributed by atoms with Crippen LogP contribution in [-0.2, 0) is 4.79 Å². The van der Waals surface area contributed by atoms with Gasteiger partial charge in [-0.05, 0) is 63.7 Å². The van der Waals surface area contributed by atoms with Crippen molar-refractivity contribution in [2.45, 2.75) is 44.6 Å². The largest absolute Gasteiger partial charge is 0.493 e. The first-order valence-corrected chi connectivity index (χ1v) is 9.55. The average Bonchev–Trinajstić information content (AvgIpc) is 3.18. The lowest BCUT2D eigenvalue weighted by Crippen LogP contribution is -2.47. The third-order valence-corrected chi connectivity index (χ3v) is 5.34. The topological polar surface area (TPSA) is 42.0 Å². The van der Waals surface area contributed by atoms with E-state index in [1.54, 1.807) is 7.11 Å². The highest BCUT2D eigenvalue weighted by Gasteiger charge is 2.27. The second-order valence-corrected chi connectivity index (χ2v) is 7.01. The van der Waals surface area contributed by atoms with E-state index in [1.165, 1.54) is 32.4 Å². The zero-order chi connectivity index (χ0) is 17.5. The molecule has 3 rings (SSSR count). The van der Waals surface area contributed by atoms with Crippen molar-refractivity contribution in [3.63, 3.8) is 0 Å². The van der Waals surface area contributed by atoms with Gasteiger partial charge in [0, 0.05) is 19.1 Å². The Bertz CT molecular complexity index is 558. The number of nitrogens with zero attached hydrogens (tertiary/aromatic N) is 2. The highest BCUT2D eigenvalue weighted by molar-refractivity contribution is 5.78. The van der Waals surface area contributed by atoms with Crippen LogP contribution in [-0.4, -0.2) is 61.6 Å². The van der Waals surface area contributed by atoms with Gasteiger partial charge in [-0.3, -0.25) is 4.79 Å². The van der Waals surface area contributed by atoms with Crippen LogP contribution >= 0.6 is 0 Å². The van der Waals surface area contributed by atoms with Gasteiger partial charge < -0.3 is 19.3 Å². The van der Waals surface area contributed by atoms with E-state index in [9.17, 15) is 4.79 Å². The average molecular weight is 346 g/mol. The molecule has 0 aromatic heterocycles. The zero-order valence-corrected chi connectivity index (χ0v) is 15.3. The molecule has 0 aliphatic carbocycles. The van der Waals surface area contributed by atoms with Crippen molar-refractivity contribution in [2.24, 2.45) is 0 Å². The maximum Gasteiger partial charge on any atom is 0.260 e. The van der Waals surface area contributed by atoms with Gasteiger partial charge in [0.1, 0.15) is 0 Å². The van der Waals surface area contributed by atoms with E-state index in [2.05, 4.69) is 9.80 Å². The number of rotatable bonds is 7. The number of carbonyl (C=O) groups is 1. The fourth-order valence-electron chi connectivity index (χ4n) is 3.93. The van der Waals surface area contributed by atoms with Gasteiger partial charge in [-0.25, -0.2) is 0 Å². The molecule has 1 aromatic rings. The van der Waals surface area contributed by atoms with Crippen molar-refractivity contribution in [1.82, 2.24) is 9.80 Å². The summed E-state index contributed by atoms with van der Waals surface area (Å²) in [5, 5.41) is 0. The molecule has 2 aliphatic heterocycles. The molecule has 138 valence electrons. The van der Waals surface area contributed by atoms with Gasteiger partial charge in [0.05, 0.1) is 7.11 Å². The van der Waals surface area contributed by atoms with E-state index in [0.29, 0.717) is 17.5 Å². The number of piperidine rings is 1. The summed E-state index contributed by atoms with van der Waals surface area (Å²) < 4.78 is 11.0. The molecule has 2 aliphatic rings. The van der Waals surface area contributed by atoms with E-state index >= 15 is 0 Å². The molecule has 0 saturated carbocycles. The molecule has 25 heavy (non-hydrogen) atoms. The smallest absolute Gasteiger partial charge is 0.260 e. The van der Waals surface area contributed by atoms with E-state index < -0.39 is 0 Å². The van der Waals surface area contributed by atoms with Gasteiger partial charge in [-0.2, -0.15) is 0 Å². The molecular formula is C20H30N2O3. The van der Waals surface area contributed by atoms with E-state index in [4.69, 9.17) is 9.47 Å². The maximum atomic E-state index is 12.7. The van der Waals surface area contributed by atoms with E-state index in [0.717, 1.165) is 32.4 Å². The summed E-state index contributed by atoms with van der Waals surface area (Å²) in [6.45, 7) is 4.50. The van der Waals surface area contributed by atoms with Crippen molar-refractivity contribution in [1.29, 1.82) is 0 Å². The highest BCUT2D eigenvalue weighted by atomic mass is 16.5. The number of benzene rings is 1. The molecule has 1 aromatic carbocycles. The van der Waals surface area contributed by atoms with Gasteiger partial charge in [0.2, 0.25) is 0 Å². The third kappa shape index (κ3) is 4.88. The number of para-hydroxylation sites is 2. The number of ether oxygens (including phenoxy) is 2. The molecule has 0 bridgehead atoms. The maximum absolute atomic E-state index is 12.7. The number of hydrogen-bond acceptors (Lipinski definition) is 4. The molecule has 0 spiro atoms. The van der Waals surface area contributed by atoms with Gasteiger partial charge in [-0.15, -0.1) is 0 Å². The molecule has 2 fully saturated rings. The first kappa shape index (κ1) is 18.1. The molecule has 1 amide bonds. The monoisotopic (exact) mass is 346 g/mol. The van der Waals surface area contributed by atoms with Gasteiger partial charge in [0.15, 0.2) is 18.1 Å². The van der Waals surface area contributed by atoms with Crippen molar-refractivity contribution >= 4 is 5.91 Å². The summed E-state index contributed by atoms with van der Waals surface area (Å²) in [4.78, 5) is 17.3. The van der Waals surface area contributed by atoms with Gasteiger partial charge >= 0.3 is 0 Å². The fraction of sp³-hybridized carbons (Fsp3) is 0.650. The number of carbonyl (C=O) groups excluding carboxylic acids is 1. The first-order chi connectivity index (χ1) is 12.3. The van der Waals surface area contributed by atoms with Gasteiger partial charge in [-0.1, -0.05) is 12.1 Å². The Hall–Kier alpha value is -1.75. The Morgan fingerprint density at radius 2 is 1.80 bits per heavy atom. The van der Waals surface area contributed by atoms with Crippen molar-refractivity contribution < 1.29 is 14.3 Å². The van der Waals surface area contributed by atoms with Crippen LogP contribution in [0.4, 0.5) is 0 Å². The lowest BCUT2D eigenvalue weighted by molar-refractivity contribution is -0.137. The summed E-state index contributed by atoms with van der Waals surface area (Å²) >= 11 is 0. The minimum atomic E-state index is 0.0839. The summed E-state index contributed by atoms with van der Waals surface area (Å²) in [6.07, 6.45) is 7.16. The second-order valence-electron chi connectivity index (χ2n) is 7.01. The minimum absolute atomic E-state index is 0.0839. The second kappa shape index (κ2) is 9.09. The number of amides is 1. The Morgan fingerprint density at radius 3 is 2.56 bits per heavy atom. The fourth-order valence-corrected chi connectivity index (χ4v) is 3.93. The molecule has 2 saturated heterocycles. The van der Waals surface area contributed by atoms with Crippen molar-refractivity contribution in [3.05, 3.63) is 24.3 Å². The standard InChI is InChI=1S/C20H30N2O3/c1-24-18-9-2-3-10-19(18)25-16-20(23)22-14-5-4-8-17(22)11-15-21-12-6-7-13-21/h2-3,9-10,17H,4-8,11-16H2,1H3/t17-/m0/s1. The van der Waals surface area contributed by atoms with Crippen LogP contribution in [0.25, 0.3) is 0 Å². The molecule has 0 N–H and O–H groups in total. The van der Waals surface area contributed by atoms with Crippen LogP contribution in [0.15, 0.2) is 24.3 Å². The predicted octanol–water partition coefficient (Wildman–Crippen LogP) is 2.94. The Morgan fingerprint density at radius 1 is 1.08 bits per heavy atom. The zero-order valence-electron chi connectivity index (χ0n) is 15.3. The van der Waals surface area contributed by atoms with E-state index in [1.807, 2.05) is 24.3 Å². The normalized spacial score (nSPS) is 21.3. The van der Waals surface area contributed by atoms with E-state index in [-0.39, 0.29) is 12.5 Å². The predicted molar refractivity (Wildman–Crippen MR) is 98.1 cm³/mol. The molecule has 2 heterocycles. The SMILES string of the molecule is COc1ccccc1OCC(=O)N1CCCC[C@H]1CCN1CCCC1. The lowest BCUT2D eigenvalue weighted by atomic mass is 9.99. The minimum Gasteiger partial charge on any atom is -0.493 e. The molecule has 1 atom stereocenters. The summed E-state index contributed by atoms with van der Waals surface area (Å²) in [6, 6.07) is 7.84. The first-order valence-electron chi connectivity index (χ1n) is 9.55. The van der Waals surface area contributed by atoms with Crippen molar-refractivity contribution in [3.8, 4) is 11.5 Å². The molecule has 0 unspecified atom stereocenters. The van der Waals surface area contributed by atoms with Gasteiger partial charge in [0.25, 0.3) is 5.91 Å². The number of likely N-dealkylation sites (tertiary alicyclic amines) is 2. The van der Waals surface area contributed by atoms with Crippen molar-refractivity contribution in [2.75, 3.05) is 39.9 Å². The quantitative estimate of drug-likeness (QED) is 0.761. The molecule has 0 radical (unpaired) electrons. The Labute approximate surface area is 150 Å². The molecule has 5 heteroatoms. The number of hydrogen-bond donors (Lipinski definition) is 0. The Balaban J connectivity index is 1.52. The van der Waals surface area contributed by atoms with Crippen LogP contribution in [0, 0.1) is 0 Å². The Kier molecular flexibility index (Phi) is 6.56. The lowest BCUT2D eigenvalue weighted by Gasteiger charge is -2.36. The third-order valence-electron chi connectivity index (χ3n) is 5.34. The van der Waals surface area contributed by atoms with Crippen LogP contribution in [0.2, 0.25) is 0 Å². The van der Waals surface area contributed by atoms with Crippen LogP contribution in [0.3, 0.4) is 0 Å². The number of methoxy groups -OCH3 is 1. The summed E-state index contributed by atoms with van der Waals surface area (Å²) in [7, 11) is 1.61. The van der Waals surface area contributed by atoms with Crippen LogP contribution in [0.5, 0.6) is 11.5 Å². The molecular weight excluding hydrogens is 316 g/mol. The highest BCUT2D eigenvalue weighted by Crippen LogP contribution is 2.26. The van der Waals surface area contributed by atoms with Crippen LogP contribution in [0.1, 0.15) is 38.5 Å². The van der Waals surface area contributed by atoms with Crippen LogP contribution < -0.4 is 9.47 Å².